The lowest BCUT2D eigenvalue weighted by molar-refractivity contribution is 0.0859. The lowest BCUT2D eigenvalue weighted by atomic mass is 10.0. The average molecular weight is 375 g/mol. The summed E-state index contributed by atoms with van der Waals surface area (Å²) in [5, 5.41) is 8.15. The van der Waals surface area contributed by atoms with E-state index in [1.54, 1.807) is 0 Å². The minimum Gasteiger partial charge on any atom is -0.392 e. The van der Waals surface area contributed by atoms with Gasteiger partial charge in [0.2, 0.25) is 0 Å². The molecule has 0 saturated carbocycles. The Balaban J connectivity index is 1.38. The molecule has 5 nitrogen and oxygen atoms in total. The minimum absolute atomic E-state index is 0.0390. The van der Waals surface area contributed by atoms with Gasteiger partial charge < -0.3 is 14.7 Å². The number of rotatable bonds is 6. The normalized spacial score (nSPS) is 16.2. The third kappa shape index (κ3) is 3.79. The van der Waals surface area contributed by atoms with Crippen LogP contribution in [0.15, 0.2) is 65.9 Å². The fourth-order valence-electron chi connectivity index (χ4n) is 3.67. The van der Waals surface area contributed by atoms with Gasteiger partial charge in [0.1, 0.15) is 6.10 Å². The molecule has 0 saturated heterocycles. The molecule has 1 aromatic heterocycles. The van der Waals surface area contributed by atoms with Gasteiger partial charge in [-0.25, -0.2) is 0 Å². The second kappa shape index (κ2) is 7.89. The first-order valence-corrected chi connectivity index (χ1v) is 9.75. The Bertz CT molecular complexity index is 1010. The predicted molar refractivity (Wildman–Crippen MR) is 112 cm³/mol. The number of amides is 1. The summed E-state index contributed by atoms with van der Waals surface area (Å²) in [6.07, 6.45) is 3.54. The molecule has 144 valence electrons. The molecule has 5 heteroatoms. The SMILES string of the molecule is CC(C)n1cc(C(=O)NCC2=NOC(Cc3ccccc3)C2)c2ccccc21. The maximum atomic E-state index is 12.8. The molecule has 1 aliphatic heterocycles. The molecule has 28 heavy (non-hydrogen) atoms. The molecule has 0 radical (unpaired) electrons. The summed E-state index contributed by atoms with van der Waals surface area (Å²) in [6.45, 7) is 4.64. The summed E-state index contributed by atoms with van der Waals surface area (Å²) in [6, 6.07) is 18.5. The van der Waals surface area contributed by atoms with E-state index in [4.69, 9.17) is 4.84 Å². The van der Waals surface area contributed by atoms with Crippen molar-refractivity contribution in [1.82, 2.24) is 9.88 Å². The summed E-state index contributed by atoms with van der Waals surface area (Å²) in [5.74, 6) is -0.0789. The van der Waals surface area contributed by atoms with Crippen LogP contribution in [0, 0.1) is 0 Å². The zero-order chi connectivity index (χ0) is 19.5. The standard InChI is InChI=1S/C23H25N3O2/c1-16(2)26-15-21(20-10-6-7-11-22(20)26)23(27)24-14-18-13-19(28-25-18)12-17-8-4-3-5-9-17/h3-11,15-16,19H,12-14H2,1-2H3,(H,24,27). The molecule has 1 amide bonds. The number of carbonyl (C=O) groups excluding carboxylic acids is 1. The Hall–Kier alpha value is -3.08. The van der Waals surface area contributed by atoms with Crippen molar-refractivity contribution in [2.24, 2.45) is 5.16 Å². The molecule has 1 N–H and O–H groups in total. The molecule has 2 aromatic carbocycles. The van der Waals surface area contributed by atoms with E-state index < -0.39 is 0 Å². The van der Waals surface area contributed by atoms with Crippen LogP contribution in [0.2, 0.25) is 0 Å². The number of carbonyl (C=O) groups is 1. The molecular formula is C23H25N3O2. The van der Waals surface area contributed by atoms with E-state index in [-0.39, 0.29) is 18.1 Å². The number of hydrogen-bond acceptors (Lipinski definition) is 3. The summed E-state index contributed by atoms with van der Waals surface area (Å²) in [5.41, 5.74) is 3.88. The smallest absolute Gasteiger partial charge is 0.253 e. The Kier molecular flexibility index (Phi) is 5.15. The molecule has 1 atom stereocenters. The molecule has 1 aliphatic rings. The third-order valence-electron chi connectivity index (χ3n) is 5.09. The highest BCUT2D eigenvalue weighted by Crippen LogP contribution is 2.24. The van der Waals surface area contributed by atoms with E-state index in [0.29, 0.717) is 12.1 Å². The van der Waals surface area contributed by atoms with Crippen LogP contribution in [0.1, 0.15) is 42.2 Å². The molecule has 2 heterocycles. The highest BCUT2D eigenvalue weighted by molar-refractivity contribution is 6.08. The van der Waals surface area contributed by atoms with Crippen LogP contribution in [-0.2, 0) is 11.3 Å². The van der Waals surface area contributed by atoms with Crippen LogP contribution >= 0.6 is 0 Å². The Morgan fingerprint density at radius 3 is 2.71 bits per heavy atom. The molecule has 0 aliphatic carbocycles. The van der Waals surface area contributed by atoms with E-state index >= 15 is 0 Å². The highest BCUT2D eigenvalue weighted by Gasteiger charge is 2.22. The summed E-state index contributed by atoms with van der Waals surface area (Å²) < 4.78 is 2.14. The minimum atomic E-state index is -0.0789. The number of para-hydroxylation sites is 1. The first kappa shape index (κ1) is 18.3. The molecule has 3 aromatic rings. The van der Waals surface area contributed by atoms with E-state index in [1.165, 1.54) is 5.56 Å². The Labute approximate surface area is 165 Å². The van der Waals surface area contributed by atoms with Gasteiger partial charge in [-0.15, -0.1) is 0 Å². The lowest BCUT2D eigenvalue weighted by Crippen LogP contribution is -2.29. The van der Waals surface area contributed by atoms with Gasteiger partial charge in [-0.2, -0.15) is 0 Å². The first-order valence-electron chi connectivity index (χ1n) is 9.75. The zero-order valence-electron chi connectivity index (χ0n) is 16.3. The van der Waals surface area contributed by atoms with Crippen LogP contribution in [0.25, 0.3) is 10.9 Å². The van der Waals surface area contributed by atoms with Crippen molar-refractivity contribution in [1.29, 1.82) is 0 Å². The Morgan fingerprint density at radius 1 is 1.18 bits per heavy atom. The van der Waals surface area contributed by atoms with Gasteiger partial charge >= 0.3 is 0 Å². The Morgan fingerprint density at radius 2 is 1.93 bits per heavy atom. The van der Waals surface area contributed by atoms with Gasteiger partial charge in [0.15, 0.2) is 0 Å². The van der Waals surface area contributed by atoms with Crippen molar-refractivity contribution < 1.29 is 9.63 Å². The van der Waals surface area contributed by atoms with Gasteiger partial charge in [0, 0.05) is 36.0 Å². The van der Waals surface area contributed by atoms with Crippen molar-refractivity contribution in [2.45, 2.75) is 38.8 Å². The van der Waals surface area contributed by atoms with Crippen LogP contribution < -0.4 is 5.32 Å². The van der Waals surface area contributed by atoms with Crippen molar-refractivity contribution >= 4 is 22.5 Å². The highest BCUT2D eigenvalue weighted by atomic mass is 16.6. The maximum Gasteiger partial charge on any atom is 0.253 e. The number of fused-ring (bicyclic) bond motifs is 1. The van der Waals surface area contributed by atoms with Crippen LogP contribution in [0.5, 0.6) is 0 Å². The van der Waals surface area contributed by atoms with E-state index in [2.05, 4.69) is 47.1 Å². The predicted octanol–water partition coefficient (Wildman–Crippen LogP) is 4.34. The summed E-state index contributed by atoms with van der Waals surface area (Å²) >= 11 is 0. The van der Waals surface area contributed by atoms with E-state index in [0.717, 1.165) is 29.5 Å². The first-order chi connectivity index (χ1) is 13.6. The van der Waals surface area contributed by atoms with Gasteiger partial charge in [0.25, 0.3) is 5.91 Å². The number of nitrogens with one attached hydrogen (secondary N) is 1. The molecule has 0 spiro atoms. The summed E-state index contributed by atoms with van der Waals surface area (Å²) in [7, 11) is 0. The topological polar surface area (TPSA) is 55.6 Å². The average Bonchev–Trinajstić information content (AvgIpc) is 3.31. The largest absolute Gasteiger partial charge is 0.392 e. The lowest BCUT2D eigenvalue weighted by Gasteiger charge is -2.08. The van der Waals surface area contributed by atoms with Crippen LogP contribution in [0.4, 0.5) is 0 Å². The van der Waals surface area contributed by atoms with E-state index in [1.807, 2.05) is 42.6 Å². The van der Waals surface area contributed by atoms with Crippen molar-refractivity contribution in [3.05, 3.63) is 71.9 Å². The summed E-state index contributed by atoms with van der Waals surface area (Å²) in [4.78, 5) is 18.3. The second-order valence-electron chi connectivity index (χ2n) is 7.52. The van der Waals surface area contributed by atoms with Gasteiger partial charge in [-0.3, -0.25) is 4.79 Å². The van der Waals surface area contributed by atoms with Gasteiger partial charge in [0.05, 0.1) is 17.8 Å². The molecule has 1 unspecified atom stereocenters. The van der Waals surface area contributed by atoms with Gasteiger partial charge in [-0.1, -0.05) is 53.7 Å². The number of aromatic nitrogens is 1. The number of nitrogens with zero attached hydrogens (tertiary/aromatic N) is 2. The zero-order valence-corrected chi connectivity index (χ0v) is 16.3. The molecule has 4 rings (SSSR count). The quantitative estimate of drug-likeness (QED) is 0.697. The third-order valence-corrected chi connectivity index (χ3v) is 5.09. The maximum absolute atomic E-state index is 12.8. The monoisotopic (exact) mass is 375 g/mol. The molecule has 0 fully saturated rings. The van der Waals surface area contributed by atoms with Crippen molar-refractivity contribution in [3.63, 3.8) is 0 Å². The van der Waals surface area contributed by atoms with Crippen molar-refractivity contribution in [2.75, 3.05) is 6.54 Å². The van der Waals surface area contributed by atoms with Crippen molar-refractivity contribution in [3.8, 4) is 0 Å². The number of oxime groups is 1. The fraction of sp³-hybridized carbons (Fsp3) is 0.304. The molecule has 0 bridgehead atoms. The molecular weight excluding hydrogens is 350 g/mol. The van der Waals surface area contributed by atoms with E-state index in [9.17, 15) is 4.79 Å². The number of benzene rings is 2. The fourth-order valence-corrected chi connectivity index (χ4v) is 3.67. The van der Waals surface area contributed by atoms with Crippen LogP contribution in [0.3, 0.4) is 0 Å². The van der Waals surface area contributed by atoms with Crippen LogP contribution in [-0.4, -0.2) is 28.8 Å². The second-order valence-corrected chi connectivity index (χ2v) is 7.52. The van der Waals surface area contributed by atoms with Gasteiger partial charge in [-0.05, 0) is 25.5 Å². The number of hydrogen-bond donors (Lipinski definition) is 1.